The number of aromatic nitrogens is 1. The molecule has 1 aliphatic rings. The Morgan fingerprint density at radius 1 is 1.25 bits per heavy atom. The summed E-state index contributed by atoms with van der Waals surface area (Å²) >= 11 is 0. The molecular weight excluding hydrogens is 324 g/mol. The van der Waals surface area contributed by atoms with Gasteiger partial charge in [-0.1, -0.05) is 31.1 Å². The van der Waals surface area contributed by atoms with Crippen molar-refractivity contribution in [2.24, 2.45) is 0 Å². The molecule has 6 heteroatoms. The Bertz CT molecular complexity index is 840. The van der Waals surface area contributed by atoms with Gasteiger partial charge >= 0.3 is 0 Å². The highest BCUT2D eigenvalue weighted by Crippen LogP contribution is 2.37. The van der Waals surface area contributed by atoms with Gasteiger partial charge in [0.1, 0.15) is 11.5 Å². The van der Waals surface area contributed by atoms with E-state index in [9.17, 15) is 8.42 Å². The molecule has 24 heavy (non-hydrogen) atoms. The van der Waals surface area contributed by atoms with Crippen LogP contribution in [-0.2, 0) is 10.0 Å². The van der Waals surface area contributed by atoms with E-state index >= 15 is 0 Å². The second-order valence-corrected chi connectivity index (χ2v) is 8.71. The van der Waals surface area contributed by atoms with Crippen molar-refractivity contribution in [1.82, 2.24) is 9.46 Å². The Kier molecular flexibility index (Phi) is 4.53. The van der Waals surface area contributed by atoms with E-state index in [1.807, 2.05) is 45.9 Å². The fraction of sp³-hybridized carbons (Fsp3) is 0.500. The molecule has 3 rings (SSSR count). The average molecular weight is 348 g/mol. The monoisotopic (exact) mass is 348 g/mol. The molecule has 5 nitrogen and oxygen atoms in total. The number of sulfonamides is 1. The van der Waals surface area contributed by atoms with E-state index in [1.54, 1.807) is 10.4 Å². The number of rotatable bonds is 4. The molecule has 0 aliphatic carbocycles. The first kappa shape index (κ1) is 17.2. The maximum atomic E-state index is 13.2. The number of benzene rings is 1. The fourth-order valence-corrected chi connectivity index (χ4v) is 5.15. The lowest BCUT2D eigenvalue weighted by molar-refractivity contribution is 0.338. The highest BCUT2D eigenvalue weighted by Gasteiger charge is 2.38. The van der Waals surface area contributed by atoms with Crippen molar-refractivity contribution in [2.45, 2.75) is 57.4 Å². The molecule has 0 unspecified atom stereocenters. The minimum atomic E-state index is -3.55. The molecule has 1 atom stereocenters. The van der Waals surface area contributed by atoms with Crippen molar-refractivity contribution in [3.63, 3.8) is 0 Å². The molecule has 0 N–H and O–H groups in total. The van der Waals surface area contributed by atoms with E-state index < -0.39 is 10.0 Å². The van der Waals surface area contributed by atoms with Gasteiger partial charge in [0.25, 0.3) is 0 Å². The maximum absolute atomic E-state index is 13.2. The lowest BCUT2D eigenvalue weighted by Gasteiger charge is -2.23. The summed E-state index contributed by atoms with van der Waals surface area (Å²) in [5.41, 5.74) is 2.43. The fourth-order valence-electron chi connectivity index (χ4n) is 3.17. The van der Waals surface area contributed by atoms with Gasteiger partial charge in [0.05, 0.1) is 10.9 Å². The summed E-state index contributed by atoms with van der Waals surface area (Å²) in [5, 5.41) is 4.14. The van der Waals surface area contributed by atoms with E-state index in [1.165, 1.54) is 0 Å². The summed E-state index contributed by atoms with van der Waals surface area (Å²) < 4.78 is 33.4. The van der Waals surface area contributed by atoms with Crippen LogP contribution in [0.5, 0.6) is 0 Å². The summed E-state index contributed by atoms with van der Waals surface area (Å²) in [6.07, 6.45) is 1.60. The Hall–Kier alpha value is -1.66. The van der Waals surface area contributed by atoms with Gasteiger partial charge < -0.3 is 4.52 Å². The van der Waals surface area contributed by atoms with Crippen molar-refractivity contribution < 1.29 is 12.9 Å². The quantitative estimate of drug-likeness (QED) is 0.839. The predicted octanol–water partition coefficient (Wildman–Crippen LogP) is 3.94. The number of nitrogens with zero attached hydrogens (tertiary/aromatic N) is 2. The minimum absolute atomic E-state index is 0.233. The summed E-state index contributed by atoms with van der Waals surface area (Å²) in [4.78, 5) is 0.391. The lowest BCUT2D eigenvalue weighted by atomic mass is 10.1. The van der Waals surface area contributed by atoms with E-state index in [-0.39, 0.29) is 12.0 Å². The molecule has 1 fully saturated rings. The van der Waals surface area contributed by atoms with Crippen LogP contribution >= 0.6 is 0 Å². The summed E-state index contributed by atoms with van der Waals surface area (Å²) in [6, 6.07) is 7.20. The van der Waals surface area contributed by atoms with Crippen LogP contribution in [0.3, 0.4) is 0 Å². The van der Waals surface area contributed by atoms with Crippen molar-refractivity contribution in [1.29, 1.82) is 0 Å². The molecule has 0 radical (unpaired) electrons. The summed E-state index contributed by atoms with van der Waals surface area (Å²) in [5.74, 6) is 1.03. The third-order valence-corrected chi connectivity index (χ3v) is 6.64. The first-order valence-corrected chi connectivity index (χ1v) is 9.80. The maximum Gasteiger partial charge on any atom is 0.243 e. The van der Waals surface area contributed by atoms with Crippen LogP contribution in [-0.4, -0.2) is 24.4 Å². The Morgan fingerprint density at radius 3 is 2.67 bits per heavy atom. The molecule has 130 valence electrons. The van der Waals surface area contributed by atoms with Gasteiger partial charge in [0, 0.05) is 18.5 Å². The van der Waals surface area contributed by atoms with E-state index in [0.717, 1.165) is 29.7 Å². The van der Waals surface area contributed by atoms with Crippen LogP contribution in [0.2, 0.25) is 0 Å². The molecule has 2 aromatic rings. The Labute approximate surface area is 143 Å². The summed E-state index contributed by atoms with van der Waals surface area (Å²) in [7, 11) is -3.55. The SMILES string of the molecule is Cc1ccc(C)c(S(=O)(=O)N2CCC[C@@H]2c2cc(C(C)C)on2)c1. The van der Waals surface area contributed by atoms with E-state index in [0.29, 0.717) is 17.1 Å². The third-order valence-electron chi connectivity index (χ3n) is 4.59. The van der Waals surface area contributed by atoms with Gasteiger partial charge in [-0.25, -0.2) is 8.42 Å². The highest BCUT2D eigenvalue weighted by molar-refractivity contribution is 7.89. The summed E-state index contributed by atoms with van der Waals surface area (Å²) in [6.45, 7) is 8.33. The molecule has 0 bridgehead atoms. The lowest BCUT2D eigenvalue weighted by Crippen LogP contribution is -2.31. The molecule has 1 aromatic heterocycles. The van der Waals surface area contributed by atoms with Crippen LogP contribution in [0.4, 0.5) is 0 Å². The van der Waals surface area contributed by atoms with Crippen LogP contribution in [0.1, 0.15) is 61.2 Å². The van der Waals surface area contributed by atoms with Gasteiger partial charge in [-0.2, -0.15) is 4.31 Å². The molecule has 1 saturated heterocycles. The third kappa shape index (κ3) is 3.00. The van der Waals surface area contributed by atoms with Gasteiger partial charge in [-0.15, -0.1) is 0 Å². The molecule has 2 heterocycles. The second kappa shape index (κ2) is 6.33. The Morgan fingerprint density at radius 2 is 2.00 bits per heavy atom. The van der Waals surface area contributed by atoms with Gasteiger partial charge in [-0.3, -0.25) is 0 Å². The molecule has 1 aliphatic heterocycles. The first-order valence-electron chi connectivity index (χ1n) is 8.36. The van der Waals surface area contributed by atoms with Gasteiger partial charge in [-0.05, 0) is 43.9 Å². The van der Waals surface area contributed by atoms with Crippen molar-refractivity contribution in [3.05, 3.63) is 46.8 Å². The second-order valence-electron chi connectivity index (χ2n) is 6.85. The minimum Gasteiger partial charge on any atom is -0.361 e. The van der Waals surface area contributed by atoms with Crippen LogP contribution in [0.15, 0.2) is 33.7 Å². The number of hydrogen-bond donors (Lipinski definition) is 0. The molecule has 0 spiro atoms. The zero-order valence-electron chi connectivity index (χ0n) is 14.6. The standard InChI is InChI=1S/C18H24N2O3S/c1-12(2)17-11-15(19-23-17)16-6-5-9-20(16)24(21,22)18-10-13(3)7-8-14(18)4/h7-8,10-12,16H,5-6,9H2,1-4H3/t16-/m1/s1. The zero-order valence-corrected chi connectivity index (χ0v) is 15.4. The van der Waals surface area contributed by atoms with Crippen LogP contribution in [0, 0.1) is 13.8 Å². The molecule has 0 saturated carbocycles. The van der Waals surface area contributed by atoms with Crippen molar-refractivity contribution in [2.75, 3.05) is 6.54 Å². The number of aryl methyl sites for hydroxylation is 2. The van der Waals surface area contributed by atoms with Crippen molar-refractivity contribution >= 4 is 10.0 Å². The number of hydrogen-bond acceptors (Lipinski definition) is 4. The molecule has 0 amide bonds. The van der Waals surface area contributed by atoms with E-state index in [2.05, 4.69) is 5.16 Å². The smallest absolute Gasteiger partial charge is 0.243 e. The zero-order chi connectivity index (χ0) is 17.5. The van der Waals surface area contributed by atoms with Crippen LogP contribution in [0.25, 0.3) is 0 Å². The Balaban J connectivity index is 1.98. The predicted molar refractivity (Wildman–Crippen MR) is 92.4 cm³/mol. The van der Waals surface area contributed by atoms with Gasteiger partial charge in [0.2, 0.25) is 10.0 Å². The van der Waals surface area contributed by atoms with E-state index in [4.69, 9.17) is 4.52 Å². The normalized spacial score (nSPS) is 19.3. The van der Waals surface area contributed by atoms with Crippen LogP contribution < -0.4 is 0 Å². The topological polar surface area (TPSA) is 63.4 Å². The largest absolute Gasteiger partial charge is 0.361 e. The molecule has 1 aromatic carbocycles. The average Bonchev–Trinajstić information content (AvgIpc) is 3.17. The highest BCUT2D eigenvalue weighted by atomic mass is 32.2. The van der Waals surface area contributed by atoms with Crippen molar-refractivity contribution in [3.8, 4) is 0 Å². The first-order chi connectivity index (χ1) is 11.3. The van der Waals surface area contributed by atoms with Gasteiger partial charge in [0.15, 0.2) is 0 Å². The molecular formula is C18H24N2O3S.